The van der Waals surface area contributed by atoms with E-state index >= 15 is 0 Å². The molecule has 1 saturated carbocycles. The van der Waals surface area contributed by atoms with Gasteiger partial charge in [0.05, 0.1) is 19.0 Å². The highest BCUT2D eigenvalue weighted by Gasteiger charge is 2.54. The van der Waals surface area contributed by atoms with E-state index in [0.29, 0.717) is 18.7 Å². The Morgan fingerprint density at radius 2 is 2.05 bits per heavy atom. The van der Waals surface area contributed by atoms with Crippen LogP contribution in [0.4, 0.5) is 0 Å². The SMILES string of the molecule is COc1ccc(-c2cnc(C3(C(=O)O)CC3)[nH]2)cc1. The van der Waals surface area contributed by atoms with Gasteiger partial charge in [-0.2, -0.15) is 0 Å². The first-order valence-electron chi connectivity index (χ1n) is 6.09. The summed E-state index contributed by atoms with van der Waals surface area (Å²) < 4.78 is 5.10. The minimum absolute atomic E-state index is 0.547. The van der Waals surface area contributed by atoms with Crippen molar-refractivity contribution in [1.82, 2.24) is 9.97 Å². The number of hydrogen-bond acceptors (Lipinski definition) is 3. The van der Waals surface area contributed by atoms with Crippen molar-refractivity contribution in [1.29, 1.82) is 0 Å². The van der Waals surface area contributed by atoms with Crippen molar-refractivity contribution in [3.63, 3.8) is 0 Å². The highest BCUT2D eigenvalue weighted by molar-refractivity contribution is 5.84. The molecular weight excluding hydrogens is 244 g/mol. The zero-order valence-electron chi connectivity index (χ0n) is 10.5. The number of aromatic nitrogens is 2. The molecule has 0 radical (unpaired) electrons. The summed E-state index contributed by atoms with van der Waals surface area (Å²) in [5, 5.41) is 9.23. The average Bonchev–Trinajstić information content (AvgIpc) is 3.11. The quantitative estimate of drug-likeness (QED) is 0.881. The number of nitrogens with one attached hydrogen (secondary N) is 1. The van der Waals surface area contributed by atoms with Gasteiger partial charge in [-0.25, -0.2) is 4.98 Å². The van der Waals surface area contributed by atoms with Gasteiger partial charge in [-0.15, -0.1) is 0 Å². The number of methoxy groups -OCH3 is 1. The monoisotopic (exact) mass is 258 g/mol. The Kier molecular flexibility index (Phi) is 2.55. The van der Waals surface area contributed by atoms with E-state index in [0.717, 1.165) is 17.0 Å². The van der Waals surface area contributed by atoms with Gasteiger partial charge >= 0.3 is 5.97 Å². The number of H-pyrrole nitrogens is 1. The summed E-state index contributed by atoms with van der Waals surface area (Å²) in [7, 11) is 1.62. The number of imidazole rings is 1. The van der Waals surface area contributed by atoms with Crippen LogP contribution in [0.5, 0.6) is 5.75 Å². The van der Waals surface area contributed by atoms with Crippen molar-refractivity contribution in [3.05, 3.63) is 36.3 Å². The molecule has 0 bridgehead atoms. The maximum absolute atomic E-state index is 11.2. The zero-order chi connectivity index (χ0) is 13.5. The third kappa shape index (κ3) is 1.87. The highest BCUT2D eigenvalue weighted by atomic mass is 16.5. The Balaban J connectivity index is 1.90. The second kappa shape index (κ2) is 4.12. The van der Waals surface area contributed by atoms with Crippen LogP contribution in [0.3, 0.4) is 0 Å². The van der Waals surface area contributed by atoms with Crippen LogP contribution in [-0.2, 0) is 10.2 Å². The Hall–Kier alpha value is -2.30. The lowest BCUT2D eigenvalue weighted by Crippen LogP contribution is -2.20. The van der Waals surface area contributed by atoms with Crippen LogP contribution in [0, 0.1) is 0 Å². The molecule has 5 heteroatoms. The Bertz CT molecular complexity index is 612. The summed E-state index contributed by atoms with van der Waals surface area (Å²) in [4.78, 5) is 18.6. The number of carboxylic acid groups (broad SMARTS) is 1. The normalized spacial score (nSPS) is 16.1. The summed E-state index contributed by atoms with van der Waals surface area (Å²) in [6.45, 7) is 0. The maximum Gasteiger partial charge on any atom is 0.317 e. The van der Waals surface area contributed by atoms with Crippen LogP contribution < -0.4 is 4.74 Å². The molecule has 1 heterocycles. The first-order valence-corrected chi connectivity index (χ1v) is 6.09. The lowest BCUT2D eigenvalue weighted by molar-refractivity contribution is -0.140. The van der Waals surface area contributed by atoms with E-state index in [1.807, 2.05) is 24.3 Å². The van der Waals surface area contributed by atoms with Crippen LogP contribution >= 0.6 is 0 Å². The molecule has 0 atom stereocenters. The van der Waals surface area contributed by atoms with Gasteiger partial charge in [0.25, 0.3) is 0 Å². The molecule has 0 aliphatic heterocycles. The number of carbonyl (C=O) groups is 1. The fourth-order valence-corrected chi connectivity index (χ4v) is 2.16. The Morgan fingerprint density at radius 1 is 1.37 bits per heavy atom. The maximum atomic E-state index is 11.2. The van der Waals surface area contributed by atoms with Gasteiger partial charge in [0, 0.05) is 0 Å². The van der Waals surface area contributed by atoms with E-state index < -0.39 is 11.4 Å². The Labute approximate surface area is 110 Å². The van der Waals surface area contributed by atoms with E-state index in [1.165, 1.54) is 0 Å². The number of nitrogens with zero attached hydrogens (tertiary/aromatic N) is 1. The molecular formula is C14H14N2O3. The van der Waals surface area contributed by atoms with Gasteiger partial charge in [0.2, 0.25) is 0 Å². The molecule has 2 aromatic rings. The van der Waals surface area contributed by atoms with E-state index in [1.54, 1.807) is 13.3 Å². The predicted octanol–water partition coefficient (Wildman–Crippen LogP) is 2.20. The lowest BCUT2D eigenvalue weighted by atomic mass is 10.1. The highest BCUT2D eigenvalue weighted by Crippen LogP contribution is 2.47. The van der Waals surface area contributed by atoms with Gasteiger partial charge in [-0.05, 0) is 42.7 Å². The van der Waals surface area contributed by atoms with Crippen LogP contribution in [-0.4, -0.2) is 28.2 Å². The standard InChI is InChI=1S/C14H14N2O3/c1-19-10-4-2-9(3-5-10)11-8-15-12(16-11)14(6-7-14)13(17)18/h2-5,8H,6-7H2,1H3,(H,15,16)(H,17,18). The van der Waals surface area contributed by atoms with Crippen molar-refractivity contribution in [2.45, 2.75) is 18.3 Å². The van der Waals surface area contributed by atoms with Crippen molar-refractivity contribution in [2.75, 3.05) is 7.11 Å². The topological polar surface area (TPSA) is 75.2 Å². The number of hydrogen-bond donors (Lipinski definition) is 2. The van der Waals surface area contributed by atoms with E-state index in [9.17, 15) is 9.90 Å². The molecule has 5 nitrogen and oxygen atoms in total. The lowest BCUT2D eigenvalue weighted by Gasteiger charge is -2.05. The van der Waals surface area contributed by atoms with Crippen molar-refractivity contribution in [3.8, 4) is 17.0 Å². The number of aromatic amines is 1. The van der Waals surface area contributed by atoms with Crippen molar-refractivity contribution >= 4 is 5.97 Å². The number of ether oxygens (including phenoxy) is 1. The number of carboxylic acids is 1. The molecule has 1 aromatic carbocycles. The molecule has 0 unspecified atom stereocenters. The summed E-state index contributed by atoms with van der Waals surface area (Å²) in [5.41, 5.74) is 0.996. The van der Waals surface area contributed by atoms with Crippen LogP contribution in [0.1, 0.15) is 18.7 Å². The molecule has 1 fully saturated rings. The summed E-state index contributed by atoms with van der Waals surface area (Å²) in [6, 6.07) is 7.55. The minimum Gasteiger partial charge on any atom is -0.497 e. The van der Waals surface area contributed by atoms with Crippen LogP contribution in [0.15, 0.2) is 30.5 Å². The third-order valence-electron chi connectivity index (χ3n) is 3.59. The largest absolute Gasteiger partial charge is 0.497 e. The van der Waals surface area contributed by atoms with Crippen LogP contribution in [0.2, 0.25) is 0 Å². The van der Waals surface area contributed by atoms with Gasteiger partial charge in [-0.3, -0.25) is 4.79 Å². The molecule has 1 aromatic heterocycles. The van der Waals surface area contributed by atoms with Gasteiger partial charge in [0.15, 0.2) is 0 Å². The van der Waals surface area contributed by atoms with E-state index in [2.05, 4.69) is 9.97 Å². The fraction of sp³-hybridized carbons (Fsp3) is 0.286. The van der Waals surface area contributed by atoms with E-state index in [-0.39, 0.29) is 0 Å². The average molecular weight is 258 g/mol. The molecule has 0 saturated heterocycles. The minimum atomic E-state index is -0.803. The third-order valence-corrected chi connectivity index (χ3v) is 3.59. The number of benzene rings is 1. The van der Waals surface area contributed by atoms with Gasteiger partial charge in [-0.1, -0.05) is 0 Å². The predicted molar refractivity (Wildman–Crippen MR) is 69.1 cm³/mol. The molecule has 3 rings (SSSR count). The summed E-state index contributed by atoms with van der Waals surface area (Å²) in [5.74, 6) is 0.529. The Morgan fingerprint density at radius 3 is 2.58 bits per heavy atom. The van der Waals surface area contributed by atoms with E-state index in [4.69, 9.17) is 4.74 Å². The summed E-state index contributed by atoms with van der Waals surface area (Å²) in [6.07, 6.45) is 2.98. The number of rotatable bonds is 4. The number of aliphatic carboxylic acids is 1. The van der Waals surface area contributed by atoms with Gasteiger partial charge < -0.3 is 14.8 Å². The van der Waals surface area contributed by atoms with Gasteiger partial charge in [0.1, 0.15) is 17.0 Å². The van der Waals surface area contributed by atoms with Crippen molar-refractivity contribution in [2.24, 2.45) is 0 Å². The summed E-state index contributed by atoms with van der Waals surface area (Å²) >= 11 is 0. The molecule has 98 valence electrons. The van der Waals surface area contributed by atoms with Crippen molar-refractivity contribution < 1.29 is 14.6 Å². The second-order valence-electron chi connectivity index (χ2n) is 4.76. The molecule has 1 aliphatic carbocycles. The zero-order valence-corrected chi connectivity index (χ0v) is 10.5. The first kappa shape index (κ1) is 11.8. The molecule has 0 amide bonds. The second-order valence-corrected chi connectivity index (χ2v) is 4.76. The molecule has 19 heavy (non-hydrogen) atoms. The van der Waals surface area contributed by atoms with Crippen LogP contribution in [0.25, 0.3) is 11.3 Å². The molecule has 0 spiro atoms. The fourth-order valence-electron chi connectivity index (χ4n) is 2.16. The molecule has 1 aliphatic rings. The smallest absolute Gasteiger partial charge is 0.317 e. The first-order chi connectivity index (χ1) is 9.15. The molecule has 2 N–H and O–H groups in total.